The van der Waals surface area contributed by atoms with Gasteiger partial charge in [-0.2, -0.15) is 4.31 Å². The fourth-order valence-electron chi connectivity index (χ4n) is 2.61. The number of carboxylic acids is 1. The summed E-state index contributed by atoms with van der Waals surface area (Å²) in [5, 5.41) is 8.81. The molecule has 116 valence electrons. The highest BCUT2D eigenvalue weighted by Crippen LogP contribution is 2.28. The Morgan fingerprint density at radius 1 is 1.29 bits per heavy atom. The number of rotatable bonds is 5. The molecule has 1 saturated heterocycles. The topological polar surface area (TPSA) is 74.7 Å². The van der Waals surface area contributed by atoms with Crippen LogP contribution in [0.15, 0.2) is 33.6 Å². The van der Waals surface area contributed by atoms with Gasteiger partial charge in [0, 0.05) is 23.5 Å². The van der Waals surface area contributed by atoms with Crippen LogP contribution < -0.4 is 0 Å². The van der Waals surface area contributed by atoms with Gasteiger partial charge in [0.15, 0.2) is 0 Å². The van der Waals surface area contributed by atoms with E-state index in [0.717, 1.165) is 23.7 Å². The summed E-state index contributed by atoms with van der Waals surface area (Å²) in [6.45, 7) is 0.461. The second kappa shape index (κ2) is 6.89. The lowest BCUT2D eigenvalue weighted by molar-refractivity contribution is -0.137. The maximum Gasteiger partial charge on any atom is 0.303 e. The Labute approximate surface area is 133 Å². The van der Waals surface area contributed by atoms with Crippen LogP contribution in [-0.2, 0) is 14.8 Å². The van der Waals surface area contributed by atoms with E-state index in [2.05, 4.69) is 15.9 Å². The molecular formula is C14H18BrNO4S. The highest BCUT2D eigenvalue weighted by molar-refractivity contribution is 9.10. The summed E-state index contributed by atoms with van der Waals surface area (Å²) in [5.41, 5.74) is 0. The van der Waals surface area contributed by atoms with E-state index in [1.165, 1.54) is 4.31 Å². The zero-order valence-corrected chi connectivity index (χ0v) is 13.9. The molecule has 0 spiro atoms. The Balaban J connectivity index is 2.22. The standard InChI is InChI=1S/C14H18BrNO4S/c15-11-4-7-13(8-5-11)21(19,20)16-10-2-1-3-12(16)6-9-14(17)18/h4-5,7-8,12H,1-3,6,9-10H2,(H,17,18). The number of piperidine rings is 1. The fourth-order valence-corrected chi connectivity index (χ4v) is 4.60. The van der Waals surface area contributed by atoms with Crippen LogP contribution in [0, 0.1) is 0 Å². The molecule has 1 N–H and O–H groups in total. The fraction of sp³-hybridized carbons (Fsp3) is 0.500. The molecule has 0 aliphatic carbocycles. The highest BCUT2D eigenvalue weighted by atomic mass is 79.9. The molecule has 21 heavy (non-hydrogen) atoms. The van der Waals surface area contributed by atoms with Crippen LogP contribution in [0.4, 0.5) is 0 Å². The van der Waals surface area contributed by atoms with Gasteiger partial charge in [-0.05, 0) is 43.5 Å². The molecule has 2 rings (SSSR count). The van der Waals surface area contributed by atoms with E-state index in [4.69, 9.17) is 5.11 Å². The van der Waals surface area contributed by atoms with Crippen LogP contribution >= 0.6 is 15.9 Å². The second-order valence-corrected chi connectivity index (χ2v) is 7.96. The first-order chi connectivity index (χ1) is 9.91. The van der Waals surface area contributed by atoms with Crippen LogP contribution in [-0.4, -0.2) is 36.4 Å². The van der Waals surface area contributed by atoms with Crippen molar-refractivity contribution in [3.8, 4) is 0 Å². The maximum absolute atomic E-state index is 12.7. The zero-order chi connectivity index (χ0) is 15.5. The first-order valence-corrected chi connectivity index (χ1v) is 9.14. The molecule has 7 heteroatoms. The largest absolute Gasteiger partial charge is 0.481 e. The average molecular weight is 376 g/mol. The van der Waals surface area contributed by atoms with Gasteiger partial charge in [-0.3, -0.25) is 4.79 Å². The normalized spacial score (nSPS) is 20.3. The Morgan fingerprint density at radius 3 is 2.57 bits per heavy atom. The minimum atomic E-state index is -3.56. The number of carboxylic acid groups (broad SMARTS) is 1. The van der Waals surface area contributed by atoms with Crippen molar-refractivity contribution in [2.75, 3.05) is 6.54 Å². The van der Waals surface area contributed by atoms with Crippen molar-refractivity contribution >= 4 is 31.9 Å². The van der Waals surface area contributed by atoms with Crippen LogP contribution in [0.1, 0.15) is 32.1 Å². The molecule has 0 amide bonds. The van der Waals surface area contributed by atoms with Gasteiger partial charge in [0.25, 0.3) is 0 Å². The van der Waals surface area contributed by atoms with E-state index in [-0.39, 0.29) is 17.4 Å². The lowest BCUT2D eigenvalue weighted by atomic mass is 10.0. The summed E-state index contributed by atoms with van der Waals surface area (Å²) in [6, 6.07) is 6.32. The van der Waals surface area contributed by atoms with E-state index in [1.54, 1.807) is 24.3 Å². The highest BCUT2D eigenvalue weighted by Gasteiger charge is 2.33. The predicted octanol–water partition coefficient (Wildman–Crippen LogP) is 2.86. The summed E-state index contributed by atoms with van der Waals surface area (Å²) >= 11 is 3.29. The van der Waals surface area contributed by atoms with E-state index < -0.39 is 16.0 Å². The second-order valence-electron chi connectivity index (χ2n) is 5.15. The number of sulfonamides is 1. The van der Waals surface area contributed by atoms with E-state index in [0.29, 0.717) is 13.0 Å². The van der Waals surface area contributed by atoms with Crippen molar-refractivity contribution in [2.24, 2.45) is 0 Å². The number of benzene rings is 1. The van der Waals surface area contributed by atoms with Gasteiger partial charge in [-0.1, -0.05) is 22.4 Å². The molecule has 0 aromatic heterocycles. The third-order valence-corrected chi connectivity index (χ3v) is 6.18. The quantitative estimate of drug-likeness (QED) is 0.858. The number of halogens is 1. The molecule has 1 aromatic rings. The number of carbonyl (C=O) groups is 1. The molecule has 1 aromatic carbocycles. The Bertz CT molecular complexity index is 600. The van der Waals surface area contributed by atoms with Gasteiger partial charge in [-0.25, -0.2) is 8.42 Å². The molecule has 0 saturated carbocycles. The van der Waals surface area contributed by atoms with E-state index in [1.807, 2.05) is 0 Å². The molecule has 1 fully saturated rings. The van der Waals surface area contributed by atoms with Crippen LogP contribution in [0.25, 0.3) is 0 Å². The molecular weight excluding hydrogens is 358 g/mol. The minimum Gasteiger partial charge on any atom is -0.481 e. The SMILES string of the molecule is O=C(O)CCC1CCCCN1S(=O)(=O)c1ccc(Br)cc1. The predicted molar refractivity (Wildman–Crippen MR) is 82.5 cm³/mol. The Morgan fingerprint density at radius 2 is 1.95 bits per heavy atom. The van der Waals surface area contributed by atoms with Crippen molar-refractivity contribution in [3.63, 3.8) is 0 Å². The maximum atomic E-state index is 12.7. The summed E-state index contributed by atoms with van der Waals surface area (Å²) in [7, 11) is -3.56. The van der Waals surface area contributed by atoms with Crippen LogP contribution in [0.5, 0.6) is 0 Å². The monoisotopic (exact) mass is 375 g/mol. The van der Waals surface area contributed by atoms with Gasteiger partial charge in [0.05, 0.1) is 4.90 Å². The van der Waals surface area contributed by atoms with E-state index >= 15 is 0 Å². The first-order valence-electron chi connectivity index (χ1n) is 6.90. The molecule has 0 bridgehead atoms. The third-order valence-electron chi connectivity index (χ3n) is 3.68. The lowest BCUT2D eigenvalue weighted by Crippen LogP contribution is -2.43. The summed E-state index contributed by atoms with van der Waals surface area (Å²) in [4.78, 5) is 11.0. The van der Waals surface area contributed by atoms with Crippen molar-refractivity contribution in [2.45, 2.75) is 43.0 Å². The number of hydrogen-bond donors (Lipinski definition) is 1. The molecule has 1 aliphatic heterocycles. The molecule has 1 heterocycles. The van der Waals surface area contributed by atoms with E-state index in [9.17, 15) is 13.2 Å². The van der Waals surface area contributed by atoms with Gasteiger partial charge < -0.3 is 5.11 Å². The molecule has 1 aliphatic rings. The molecule has 1 unspecified atom stereocenters. The lowest BCUT2D eigenvalue weighted by Gasteiger charge is -2.34. The first kappa shape index (κ1) is 16.5. The zero-order valence-electron chi connectivity index (χ0n) is 11.5. The summed E-state index contributed by atoms with van der Waals surface area (Å²) in [5.74, 6) is -0.887. The van der Waals surface area contributed by atoms with Gasteiger partial charge >= 0.3 is 5.97 Å². The van der Waals surface area contributed by atoms with Crippen molar-refractivity contribution < 1.29 is 18.3 Å². The smallest absolute Gasteiger partial charge is 0.303 e. The summed E-state index contributed by atoms with van der Waals surface area (Å²) in [6.07, 6.45) is 2.85. The molecule has 5 nitrogen and oxygen atoms in total. The van der Waals surface area contributed by atoms with Gasteiger partial charge in [0.2, 0.25) is 10.0 Å². The number of hydrogen-bond acceptors (Lipinski definition) is 3. The molecule has 1 atom stereocenters. The van der Waals surface area contributed by atoms with Crippen molar-refractivity contribution in [1.82, 2.24) is 4.31 Å². The molecule has 0 radical (unpaired) electrons. The van der Waals surface area contributed by atoms with Gasteiger partial charge in [-0.15, -0.1) is 0 Å². The Hall–Kier alpha value is -0.920. The van der Waals surface area contributed by atoms with Crippen LogP contribution in [0.2, 0.25) is 0 Å². The number of nitrogens with zero attached hydrogens (tertiary/aromatic N) is 1. The third kappa shape index (κ3) is 4.05. The van der Waals surface area contributed by atoms with Crippen molar-refractivity contribution in [3.05, 3.63) is 28.7 Å². The Kier molecular flexibility index (Phi) is 5.40. The minimum absolute atomic E-state index is 0.00295. The summed E-state index contributed by atoms with van der Waals surface area (Å²) < 4.78 is 27.7. The number of aliphatic carboxylic acids is 1. The average Bonchev–Trinajstić information content (AvgIpc) is 2.46. The van der Waals surface area contributed by atoms with Crippen molar-refractivity contribution in [1.29, 1.82) is 0 Å². The van der Waals surface area contributed by atoms with Gasteiger partial charge in [0.1, 0.15) is 0 Å². The van der Waals surface area contributed by atoms with Crippen LogP contribution in [0.3, 0.4) is 0 Å².